The Hall–Kier alpha value is -6.38. The van der Waals surface area contributed by atoms with E-state index in [4.69, 9.17) is 4.42 Å². The van der Waals surface area contributed by atoms with Gasteiger partial charge in [0.1, 0.15) is 11.2 Å². The van der Waals surface area contributed by atoms with Crippen LogP contribution in [-0.2, 0) is 5.41 Å². The molecule has 1 aliphatic rings. The van der Waals surface area contributed by atoms with E-state index in [1.807, 2.05) is 6.07 Å². The van der Waals surface area contributed by atoms with Gasteiger partial charge in [-0.05, 0) is 104 Å². The predicted molar refractivity (Wildman–Crippen MR) is 214 cm³/mol. The van der Waals surface area contributed by atoms with Crippen LogP contribution in [0.4, 0.5) is 17.1 Å². The zero-order valence-electron chi connectivity index (χ0n) is 28.6. The SMILES string of the molecule is CC1(C)c2ccccc2-c2ccc(-c3ccc(N(c4cccc(-c5cccc6ccccc56)c4)c4cccc5oc6ccccc6c45)cc3)cc21. The van der Waals surface area contributed by atoms with Gasteiger partial charge in [0.25, 0.3) is 0 Å². The Morgan fingerprint density at radius 2 is 1.10 bits per heavy atom. The normalized spacial score (nSPS) is 13.1. The van der Waals surface area contributed by atoms with E-state index in [9.17, 15) is 0 Å². The molecule has 0 N–H and O–H groups in total. The number of rotatable bonds is 5. The third kappa shape index (κ3) is 4.64. The minimum absolute atomic E-state index is 0.0418. The number of anilines is 3. The van der Waals surface area contributed by atoms with Gasteiger partial charge < -0.3 is 9.32 Å². The van der Waals surface area contributed by atoms with Gasteiger partial charge in [-0.1, -0.05) is 141 Å². The van der Waals surface area contributed by atoms with Crippen molar-refractivity contribution in [3.8, 4) is 33.4 Å². The standard InChI is InChI=1S/C49H35NO/c1-49(2)43-20-7-5-17-40(43)41-29-26-34(31-44(41)49)32-24-27-36(28-25-32)50(45-21-11-23-47-48(45)42-18-6-8-22-46(42)51-47)37-15-9-14-35(30-37)39-19-10-13-33-12-3-4-16-38(33)39/h3-31H,1-2H3. The Labute approximate surface area is 297 Å². The van der Waals surface area contributed by atoms with Gasteiger partial charge >= 0.3 is 0 Å². The first-order chi connectivity index (χ1) is 25.0. The van der Waals surface area contributed by atoms with Gasteiger partial charge in [0.15, 0.2) is 0 Å². The molecule has 0 radical (unpaired) electrons. The summed E-state index contributed by atoms with van der Waals surface area (Å²) in [4.78, 5) is 2.38. The molecule has 0 fully saturated rings. The second-order valence-electron chi connectivity index (χ2n) is 14.1. The van der Waals surface area contributed by atoms with E-state index in [1.54, 1.807) is 0 Å². The summed E-state index contributed by atoms with van der Waals surface area (Å²) in [6, 6.07) is 63.7. The summed E-state index contributed by atoms with van der Waals surface area (Å²) in [5.41, 5.74) is 15.3. The predicted octanol–water partition coefficient (Wildman–Crippen LogP) is 13.8. The minimum atomic E-state index is -0.0418. The molecule has 242 valence electrons. The Morgan fingerprint density at radius 1 is 0.431 bits per heavy atom. The van der Waals surface area contributed by atoms with E-state index in [2.05, 4.69) is 189 Å². The number of fused-ring (bicyclic) bond motifs is 7. The summed E-state index contributed by atoms with van der Waals surface area (Å²) in [5, 5.41) is 4.70. The molecule has 1 aromatic heterocycles. The van der Waals surface area contributed by atoms with Gasteiger partial charge in [-0.15, -0.1) is 0 Å². The van der Waals surface area contributed by atoms with E-state index < -0.39 is 0 Å². The molecular formula is C49H35NO. The highest BCUT2D eigenvalue weighted by Gasteiger charge is 2.35. The number of hydrogen-bond donors (Lipinski definition) is 0. The van der Waals surface area contributed by atoms with Crippen molar-refractivity contribution in [1.82, 2.24) is 0 Å². The van der Waals surface area contributed by atoms with E-state index in [0.717, 1.165) is 39.0 Å². The Bertz CT molecular complexity index is 2780. The van der Waals surface area contributed by atoms with Crippen molar-refractivity contribution in [3.63, 3.8) is 0 Å². The van der Waals surface area contributed by atoms with E-state index in [1.165, 1.54) is 55.3 Å². The second-order valence-corrected chi connectivity index (χ2v) is 14.1. The number of hydrogen-bond acceptors (Lipinski definition) is 2. The van der Waals surface area contributed by atoms with Gasteiger partial charge in [-0.25, -0.2) is 0 Å². The summed E-state index contributed by atoms with van der Waals surface area (Å²) < 4.78 is 6.38. The molecule has 0 saturated carbocycles. The summed E-state index contributed by atoms with van der Waals surface area (Å²) in [6.45, 7) is 4.68. The lowest BCUT2D eigenvalue weighted by molar-refractivity contribution is 0.660. The zero-order chi connectivity index (χ0) is 34.1. The maximum Gasteiger partial charge on any atom is 0.137 e. The van der Waals surface area contributed by atoms with Gasteiger partial charge in [-0.2, -0.15) is 0 Å². The number of furan rings is 1. The van der Waals surface area contributed by atoms with Crippen LogP contribution in [0.2, 0.25) is 0 Å². The fourth-order valence-electron chi connectivity index (χ4n) is 8.35. The lowest BCUT2D eigenvalue weighted by atomic mass is 9.81. The zero-order valence-corrected chi connectivity index (χ0v) is 28.6. The fraction of sp³-hybridized carbons (Fsp3) is 0.0612. The molecule has 0 unspecified atom stereocenters. The number of benzene rings is 8. The lowest BCUT2D eigenvalue weighted by Crippen LogP contribution is -2.14. The summed E-state index contributed by atoms with van der Waals surface area (Å²) in [5.74, 6) is 0. The van der Waals surface area contributed by atoms with Crippen LogP contribution in [0.1, 0.15) is 25.0 Å². The lowest BCUT2D eigenvalue weighted by Gasteiger charge is -2.27. The van der Waals surface area contributed by atoms with Crippen LogP contribution < -0.4 is 4.90 Å². The smallest absolute Gasteiger partial charge is 0.137 e. The highest BCUT2D eigenvalue weighted by molar-refractivity contribution is 6.13. The first-order valence-electron chi connectivity index (χ1n) is 17.7. The molecule has 0 aliphatic heterocycles. The van der Waals surface area contributed by atoms with E-state index in [0.29, 0.717) is 0 Å². The fourth-order valence-corrected chi connectivity index (χ4v) is 8.35. The topological polar surface area (TPSA) is 16.4 Å². The van der Waals surface area contributed by atoms with Crippen molar-refractivity contribution in [2.45, 2.75) is 19.3 Å². The third-order valence-electron chi connectivity index (χ3n) is 10.9. The minimum Gasteiger partial charge on any atom is -0.456 e. The van der Waals surface area contributed by atoms with Crippen LogP contribution in [0.5, 0.6) is 0 Å². The van der Waals surface area contributed by atoms with Crippen LogP contribution in [0.15, 0.2) is 180 Å². The maximum absolute atomic E-state index is 6.38. The number of nitrogens with zero attached hydrogens (tertiary/aromatic N) is 1. The van der Waals surface area contributed by atoms with Crippen molar-refractivity contribution in [3.05, 3.63) is 187 Å². The Morgan fingerprint density at radius 3 is 2.00 bits per heavy atom. The highest BCUT2D eigenvalue weighted by Crippen LogP contribution is 2.50. The monoisotopic (exact) mass is 653 g/mol. The van der Waals surface area contributed by atoms with Crippen molar-refractivity contribution < 1.29 is 4.42 Å². The second kappa shape index (κ2) is 11.3. The van der Waals surface area contributed by atoms with Crippen molar-refractivity contribution >= 4 is 49.8 Å². The van der Waals surface area contributed by atoms with Crippen LogP contribution in [0.25, 0.3) is 66.1 Å². The molecule has 0 amide bonds. The first-order valence-corrected chi connectivity index (χ1v) is 17.7. The molecule has 0 bridgehead atoms. The van der Waals surface area contributed by atoms with E-state index in [-0.39, 0.29) is 5.41 Å². The van der Waals surface area contributed by atoms with Gasteiger partial charge in [-0.3, -0.25) is 0 Å². The number of para-hydroxylation sites is 1. The molecule has 1 aliphatic carbocycles. The van der Waals surface area contributed by atoms with Crippen LogP contribution in [0, 0.1) is 0 Å². The Balaban J connectivity index is 1.12. The van der Waals surface area contributed by atoms with Crippen molar-refractivity contribution in [1.29, 1.82) is 0 Å². The molecule has 10 rings (SSSR count). The molecule has 9 aromatic rings. The molecule has 51 heavy (non-hydrogen) atoms. The van der Waals surface area contributed by atoms with E-state index >= 15 is 0 Å². The van der Waals surface area contributed by atoms with Crippen LogP contribution in [-0.4, -0.2) is 0 Å². The Kier molecular flexibility index (Phi) is 6.56. The maximum atomic E-state index is 6.38. The largest absolute Gasteiger partial charge is 0.456 e. The first kappa shape index (κ1) is 29.5. The average molecular weight is 654 g/mol. The summed E-state index contributed by atoms with van der Waals surface area (Å²) >= 11 is 0. The molecule has 2 nitrogen and oxygen atoms in total. The van der Waals surface area contributed by atoms with Crippen molar-refractivity contribution in [2.75, 3.05) is 4.90 Å². The van der Waals surface area contributed by atoms with Crippen LogP contribution >= 0.6 is 0 Å². The van der Waals surface area contributed by atoms with Crippen molar-refractivity contribution in [2.24, 2.45) is 0 Å². The molecule has 8 aromatic carbocycles. The molecule has 0 spiro atoms. The molecule has 0 saturated heterocycles. The quantitative estimate of drug-likeness (QED) is 0.184. The van der Waals surface area contributed by atoms with Gasteiger partial charge in [0.05, 0.1) is 11.1 Å². The molecule has 2 heteroatoms. The van der Waals surface area contributed by atoms with Crippen LogP contribution in [0.3, 0.4) is 0 Å². The molecule has 1 heterocycles. The molecule has 0 atom stereocenters. The summed E-state index contributed by atoms with van der Waals surface area (Å²) in [6.07, 6.45) is 0. The van der Waals surface area contributed by atoms with Gasteiger partial charge in [0.2, 0.25) is 0 Å². The summed E-state index contributed by atoms with van der Waals surface area (Å²) in [7, 11) is 0. The van der Waals surface area contributed by atoms with Gasteiger partial charge in [0, 0.05) is 22.2 Å². The average Bonchev–Trinajstić information content (AvgIpc) is 3.67. The third-order valence-corrected chi connectivity index (χ3v) is 10.9. The molecular weight excluding hydrogens is 619 g/mol. The highest BCUT2D eigenvalue weighted by atomic mass is 16.3.